The molecule has 8 nitrogen and oxygen atoms in total. The topological polar surface area (TPSA) is 107 Å². The molecule has 2 aliphatic carbocycles. The minimum Gasteiger partial charge on any atom is -0.460 e. The summed E-state index contributed by atoms with van der Waals surface area (Å²) in [7, 11) is -3.28. The Hall–Kier alpha value is -2.94. The molecule has 1 heterocycles. The molecule has 1 atom stereocenters. The number of benzene rings is 1. The molecule has 0 saturated heterocycles. The Kier molecular flexibility index (Phi) is 5.72. The van der Waals surface area contributed by atoms with Crippen molar-refractivity contribution in [2.75, 3.05) is 6.26 Å². The van der Waals surface area contributed by atoms with Gasteiger partial charge in [-0.3, -0.25) is 4.79 Å². The summed E-state index contributed by atoms with van der Waals surface area (Å²) in [5.41, 5.74) is 0.153. The number of carbonyl (C=O) groups is 1. The summed E-state index contributed by atoms with van der Waals surface area (Å²) in [6.45, 7) is 0. The highest BCUT2D eigenvalue weighted by Crippen LogP contribution is 2.34. The molecule has 1 N–H and O–H groups in total. The van der Waals surface area contributed by atoms with Crippen LogP contribution in [-0.2, 0) is 9.84 Å². The summed E-state index contributed by atoms with van der Waals surface area (Å²) in [4.78, 5) is 21.4. The van der Waals surface area contributed by atoms with E-state index in [9.17, 15) is 13.2 Å². The normalized spacial score (nSPS) is 17.5. The molecule has 4 rings (SSSR count). The molecule has 2 aromatic rings. The van der Waals surface area contributed by atoms with Crippen molar-refractivity contribution in [2.45, 2.75) is 37.8 Å². The summed E-state index contributed by atoms with van der Waals surface area (Å²) in [6, 6.07) is 8.78. The molecule has 2 saturated carbocycles. The van der Waals surface area contributed by atoms with Gasteiger partial charge >= 0.3 is 6.01 Å². The number of nitrogens with zero attached hydrogens (tertiary/aromatic N) is 2. The second kappa shape index (κ2) is 8.43. The summed E-state index contributed by atoms with van der Waals surface area (Å²) < 4.78 is 34.4. The lowest BCUT2D eigenvalue weighted by Crippen LogP contribution is -2.35. The summed E-state index contributed by atoms with van der Waals surface area (Å²) in [5, 5.41) is 4.00. The van der Waals surface area contributed by atoms with Crippen LogP contribution in [0.5, 0.6) is 17.6 Å². The maximum absolute atomic E-state index is 13.0. The van der Waals surface area contributed by atoms with Crippen molar-refractivity contribution in [1.29, 1.82) is 0 Å². The molecule has 0 aliphatic heterocycles. The molecule has 0 spiro atoms. The molecule has 30 heavy (non-hydrogen) atoms. The van der Waals surface area contributed by atoms with Gasteiger partial charge < -0.3 is 14.8 Å². The quantitative estimate of drug-likeness (QED) is 0.650. The van der Waals surface area contributed by atoms with Crippen LogP contribution < -0.4 is 14.8 Å². The van der Waals surface area contributed by atoms with Gasteiger partial charge in [0.15, 0.2) is 9.84 Å². The first-order chi connectivity index (χ1) is 14.4. The average molecular weight is 432 g/mol. The number of hydrogen-bond acceptors (Lipinski definition) is 7. The van der Waals surface area contributed by atoms with Crippen LogP contribution in [0.25, 0.3) is 0 Å². The number of amides is 1. The Morgan fingerprint density at radius 3 is 2.60 bits per heavy atom. The summed E-state index contributed by atoms with van der Waals surface area (Å²) >= 11 is 0. The lowest BCUT2D eigenvalue weighted by atomic mass is 10.1. The van der Waals surface area contributed by atoms with Crippen molar-refractivity contribution in [3.8, 4) is 17.6 Å². The van der Waals surface area contributed by atoms with E-state index in [0.29, 0.717) is 5.75 Å². The van der Waals surface area contributed by atoms with E-state index in [4.69, 9.17) is 9.47 Å². The van der Waals surface area contributed by atoms with E-state index >= 15 is 0 Å². The lowest BCUT2D eigenvalue weighted by molar-refractivity contribution is 0.0937. The Balaban J connectivity index is 0.00000272. The molecule has 1 amide bonds. The van der Waals surface area contributed by atoms with Crippen molar-refractivity contribution in [3.63, 3.8) is 0 Å². The van der Waals surface area contributed by atoms with E-state index in [2.05, 4.69) is 15.3 Å². The Bertz CT molecular complexity index is 1050. The van der Waals surface area contributed by atoms with Gasteiger partial charge in [-0.25, -0.2) is 13.4 Å². The Labute approximate surface area is 176 Å². The highest BCUT2D eigenvalue weighted by atomic mass is 32.2. The summed E-state index contributed by atoms with van der Waals surface area (Å²) in [6.07, 6.45) is 7.89. The third-order valence-corrected chi connectivity index (χ3v) is 5.34. The molecule has 0 radical (unpaired) electrons. The average Bonchev–Trinajstić information content (AvgIpc) is 3.60. The Morgan fingerprint density at radius 1 is 1.23 bits per heavy atom. The van der Waals surface area contributed by atoms with Crippen LogP contribution >= 0.6 is 0 Å². The monoisotopic (exact) mass is 431 g/mol. The highest BCUT2D eigenvalue weighted by Gasteiger charge is 2.32. The first-order valence-electron chi connectivity index (χ1n) is 9.83. The van der Waals surface area contributed by atoms with Crippen molar-refractivity contribution >= 4 is 15.7 Å². The number of hydrogen-bond donors (Lipinski definition) is 1. The zero-order chi connectivity index (χ0) is 21.1. The van der Waals surface area contributed by atoms with Crippen molar-refractivity contribution < 1.29 is 24.1 Å². The zero-order valence-corrected chi connectivity index (χ0v) is 17.3. The number of aromatic nitrogens is 2. The van der Waals surface area contributed by atoms with Crippen LogP contribution in [0.1, 0.15) is 37.5 Å². The fourth-order valence-electron chi connectivity index (χ4n) is 2.81. The van der Waals surface area contributed by atoms with Crippen LogP contribution in [0.2, 0.25) is 0 Å². The van der Waals surface area contributed by atoms with Crippen molar-refractivity contribution in [3.05, 3.63) is 53.6 Å². The maximum Gasteiger partial charge on any atom is 0.320 e. The second-order valence-corrected chi connectivity index (χ2v) is 9.53. The van der Waals surface area contributed by atoms with E-state index < -0.39 is 15.7 Å². The van der Waals surface area contributed by atoms with Gasteiger partial charge in [0.05, 0.1) is 12.2 Å². The smallest absolute Gasteiger partial charge is 0.320 e. The molecular formula is C21H25N3O5S. The predicted molar refractivity (Wildman–Crippen MR) is 112 cm³/mol. The van der Waals surface area contributed by atoms with Crippen molar-refractivity contribution in [1.82, 2.24) is 15.3 Å². The van der Waals surface area contributed by atoms with Crippen LogP contribution in [0.15, 0.2) is 48.0 Å². The number of nitrogens with one attached hydrogen (secondary N) is 1. The first kappa shape index (κ1) is 20.3. The van der Waals surface area contributed by atoms with Gasteiger partial charge in [0.25, 0.3) is 5.91 Å². The molecule has 1 aromatic heterocycles. The largest absolute Gasteiger partial charge is 0.460 e. The van der Waals surface area contributed by atoms with Gasteiger partial charge in [-0.15, -0.1) is 0 Å². The van der Waals surface area contributed by atoms with Gasteiger partial charge in [0.1, 0.15) is 17.4 Å². The third-order valence-electron chi connectivity index (χ3n) is 4.69. The van der Waals surface area contributed by atoms with E-state index in [1.807, 2.05) is 18.2 Å². The minimum atomic E-state index is -3.28. The fraction of sp³-hybridized carbons (Fsp3) is 0.381. The van der Waals surface area contributed by atoms with E-state index in [1.54, 1.807) is 12.1 Å². The molecule has 0 bridgehead atoms. The molecule has 0 unspecified atom stereocenters. The highest BCUT2D eigenvalue weighted by molar-refractivity contribution is 7.93. The first-order valence-corrected chi connectivity index (χ1v) is 11.8. The van der Waals surface area contributed by atoms with E-state index in [0.717, 1.165) is 37.3 Å². The van der Waals surface area contributed by atoms with Gasteiger partial charge in [-0.2, -0.15) is 4.98 Å². The van der Waals surface area contributed by atoms with Gasteiger partial charge in [0, 0.05) is 13.1 Å². The number of rotatable bonds is 9. The number of sulfone groups is 1. The number of ether oxygens (including phenoxy) is 2. The van der Waals surface area contributed by atoms with Gasteiger partial charge in [-0.05, 0) is 43.7 Å². The zero-order valence-electron chi connectivity index (χ0n) is 16.5. The molecule has 160 valence electrons. The van der Waals surface area contributed by atoms with Crippen molar-refractivity contribution in [2.24, 2.45) is 5.92 Å². The Morgan fingerprint density at radius 2 is 1.97 bits per heavy atom. The minimum absolute atomic E-state index is 0. The number of para-hydroxylation sites is 1. The van der Waals surface area contributed by atoms with Gasteiger partial charge in [-0.1, -0.05) is 24.3 Å². The fourth-order valence-corrected chi connectivity index (χ4v) is 3.27. The standard InChI is InChI=1S/C21H23N3O5S.H2/c1-30(26,27)12-11-18(14-7-8-14)23-19(25)17-13-22-21(29-16-9-10-16)24-20(17)28-15-5-3-2-4-6-15;/h2-6,11-14,16,18H,7-10H2,1H3,(H,23,25);1H/b12-11+;/t18-;/m1./s1. The van der Waals surface area contributed by atoms with E-state index in [1.165, 1.54) is 12.3 Å². The SMILES string of the molecule is CS(=O)(=O)/C=C/[C@@H](NC(=O)c1cnc(OC2CC2)nc1Oc1ccccc1)C1CC1.[HH]. The molecule has 9 heteroatoms. The lowest BCUT2D eigenvalue weighted by Gasteiger charge is -2.16. The molecule has 2 fully saturated rings. The predicted octanol–water partition coefficient (Wildman–Crippen LogP) is 3.12. The van der Waals surface area contributed by atoms with Gasteiger partial charge in [0.2, 0.25) is 5.88 Å². The second-order valence-electron chi connectivity index (χ2n) is 7.60. The summed E-state index contributed by atoms with van der Waals surface area (Å²) in [5.74, 6) is 0.391. The number of carbonyl (C=O) groups excluding carboxylic acids is 1. The van der Waals surface area contributed by atoms with Crippen LogP contribution in [0, 0.1) is 5.92 Å². The van der Waals surface area contributed by atoms with E-state index in [-0.39, 0.29) is 36.9 Å². The van der Waals surface area contributed by atoms with Crippen LogP contribution in [-0.4, -0.2) is 42.7 Å². The molecular weight excluding hydrogens is 406 g/mol. The third kappa shape index (κ3) is 5.79. The van der Waals surface area contributed by atoms with Crippen LogP contribution in [0.3, 0.4) is 0 Å². The maximum atomic E-state index is 13.0. The molecule has 1 aromatic carbocycles. The molecule has 2 aliphatic rings. The van der Waals surface area contributed by atoms with Crippen LogP contribution in [0.4, 0.5) is 0 Å².